The monoisotopic (exact) mass is 251 g/mol. The maximum absolute atomic E-state index is 11.1. The Labute approximate surface area is 104 Å². The zero-order chi connectivity index (χ0) is 13.0. The van der Waals surface area contributed by atoms with Crippen molar-refractivity contribution in [3.63, 3.8) is 0 Å². The molecule has 1 saturated carbocycles. The maximum atomic E-state index is 11.1. The van der Waals surface area contributed by atoms with Gasteiger partial charge in [-0.2, -0.15) is 0 Å². The zero-order valence-corrected chi connectivity index (χ0v) is 10.1. The molecule has 1 aliphatic carbocycles. The average molecular weight is 251 g/mol. The van der Waals surface area contributed by atoms with E-state index in [1.807, 2.05) is 0 Å². The molecule has 1 aromatic rings. The molecule has 1 aliphatic rings. The largest absolute Gasteiger partial charge is 0.481 e. The number of hydrogen-bond acceptors (Lipinski definition) is 4. The van der Waals surface area contributed by atoms with Crippen molar-refractivity contribution in [1.82, 2.24) is 9.97 Å². The molecule has 18 heavy (non-hydrogen) atoms. The SMILES string of the molecule is O=C(O)C1CCC(CNc2cc(=O)[nH]cn2)CC1. The third-order valence-corrected chi connectivity index (χ3v) is 3.45. The quantitative estimate of drug-likeness (QED) is 0.744. The Bertz CT molecular complexity index is 464. The van der Waals surface area contributed by atoms with E-state index >= 15 is 0 Å². The van der Waals surface area contributed by atoms with Crippen molar-refractivity contribution < 1.29 is 9.90 Å². The Hall–Kier alpha value is -1.85. The molecule has 2 rings (SSSR count). The van der Waals surface area contributed by atoms with Gasteiger partial charge in [-0.05, 0) is 31.6 Å². The lowest BCUT2D eigenvalue weighted by Crippen LogP contribution is -2.25. The van der Waals surface area contributed by atoms with Crippen molar-refractivity contribution in [3.8, 4) is 0 Å². The van der Waals surface area contributed by atoms with E-state index in [-0.39, 0.29) is 11.5 Å². The van der Waals surface area contributed by atoms with Crippen LogP contribution < -0.4 is 10.9 Å². The van der Waals surface area contributed by atoms with Gasteiger partial charge in [-0.15, -0.1) is 0 Å². The molecule has 0 amide bonds. The number of H-pyrrole nitrogens is 1. The van der Waals surface area contributed by atoms with Crippen molar-refractivity contribution in [1.29, 1.82) is 0 Å². The summed E-state index contributed by atoms with van der Waals surface area (Å²) in [5.74, 6) is 0.164. The number of nitrogens with one attached hydrogen (secondary N) is 2. The van der Waals surface area contributed by atoms with Crippen LogP contribution in [-0.4, -0.2) is 27.6 Å². The second-order valence-corrected chi connectivity index (χ2v) is 4.73. The Kier molecular flexibility index (Phi) is 3.96. The molecule has 98 valence electrons. The molecule has 0 radical (unpaired) electrons. The molecule has 0 unspecified atom stereocenters. The van der Waals surface area contributed by atoms with Gasteiger partial charge in [0.15, 0.2) is 0 Å². The summed E-state index contributed by atoms with van der Waals surface area (Å²) in [5.41, 5.74) is -0.179. The predicted octanol–water partition coefficient (Wildman–Crippen LogP) is 1.07. The van der Waals surface area contributed by atoms with Crippen LogP contribution in [0.4, 0.5) is 5.82 Å². The highest BCUT2D eigenvalue weighted by Crippen LogP contribution is 2.28. The molecule has 6 heteroatoms. The minimum atomic E-state index is -0.683. The van der Waals surface area contributed by atoms with Crippen LogP contribution >= 0.6 is 0 Å². The van der Waals surface area contributed by atoms with Crippen molar-refractivity contribution in [3.05, 3.63) is 22.7 Å². The number of aliphatic carboxylic acids is 1. The third-order valence-electron chi connectivity index (χ3n) is 3.45. The van der Waals surface area contributed by atoms with Crippen LogP contribution in [0.25, 0.3) is 0 Å². The van der Waals surface area contributed by atoms with E-state index in [2.05, 4.69) is 15.3 Å². The molecule has 0 spiro atoms. The van der Waals surface area contributed by atoms with Crippen LogP contribution in [0.5, 0.6) is 0 Å². The fourth-order valence-corrected chi connectivity index (χ4v) is 2.33. The van der Waals surface area contributed by atoms with Gasteiger partial charge in [-0.25, -0.2) is 4.98 Å². The second kappa shape index (κ2) is 5.66. The van der Waals surface area contributed by atoms with Crippen LogP contribution in [0.15, 0.2) is 17.2 Å². The number of rotatable bonds is 4. The zero-order valence-electron chi connectivity index (χ0n) is 10.1. The van der Waals surface area contributed by atoms with Gasteiger partial charge in [-0.3, -0.25) is 9.59 Å². The van der Waals surface area contributed by atoms with Crippen LogP contribution in [0.1, 0.15) is 25.7 Å². The molecule has 1 heterocycles. The molecule has 0 saturated heterocycles. The molecular formula is C12H17N3O3. The first-order valence-electron chi connectivity index (χ1n) is 6.16. The lowest BCUT2D eigenvalue weighted by atomic mass is 9.82. The van der Waals surface area contributed by atoms with Crippen molar-refractivity contribution in [2.24, 2.45) is 11.8 Å². The summed E-state index contributed by atoms with van der Waals surface area (Å²) in [6.07, 6.45) is 4.67. The number of aromatic nitrogens is 2. The normalized spacial score (nSPS) is 23.6. The molecule has 0 aromatic carbocycles. The summed E-state index contributed by atoms with van der Waals surface area (Å²) >= 11 is 0. The highest BCUT2D eigenvalue weighted by molar-refractivity contribution is 5.69. The summed E-state index contributed by atoms with van der Waals surface area (Å²) in [5, 5.41) is 12.0. The first-order valence-corrected chi connectivity index (χ1v) is 6.16. The Morgan fingerprint density at radius 2 is 2.17 bits per heavy atom. The number of anilines is 1. The predicted molar refractivity (Wildman–Crippen MR) is 66.4 cm³/mol. The van der Waals surface area contributed by atoms with Crippen LogP contribution in [-0.2, 0) is 4.79 Å². The number of carboxylic acid groups (broad SMARTS) is 1. The third kappa shape index (κ3) is 3.32. The van der Waals surface area contributed by atoms with E-state index in [0.29, 0.717) is 11.7 Å². The summed E-state index contributed by atoms with van der Waals surface area (Å²) in [4.78, 5) is 28.3. The van der Waals surface area contributed by atoms with E-state index in [1.54, 1.807) is 0 Å². The highest BCUT2D eigenvalue weighted by atomic mass is 16.4. The fourth-order valence-electron chi connectivity index (χ4n) is 2.33. The second-order valence-electron chi connectivity index (χ2n) is 4.73. The van der Waals surface area contributed by atoms with Gasteiger partial charge in [0.25, 0.3) is 5.56 Å². The Morgan fingerprint density at radius 3 is 2.78 bits per heavy atom. The van der Waals surface area contributed by atoms with Crippen LogP contribution in [0.3, 0.4) is 0 Å². The summed E-state index contributed by atoms with van der Waals surface area (Å²) in [7, 11) is 0. The van der Waals surface area contributed by atoms with Gasteiger partial charge in [0.2, 0.25) is 0 Å². The Balaban J connectivity index is 1.79. The van der Waals surface area contributed by atoms with E-state index in [4.69, 9.17) is 5.11 Å². The first-order chi connectivity index (χ1) is 8.65. The topological polar surface area (TPSA) is 95.1 Å². The number of aromatic amines is 1. The lowest BCUT2D eigenvalue weighted by molar-refractivity contribution is -0.143. The fraction of sp³-hybridized carbons (Fsp3) is 0.583. The van der Waals surface area contributed by atoms with Crippen LogP contribution in [0, 0.1) is 11.8 Å². The first kappa shape index (κ1) is 12.6. The molecule has 0 bridgehead atoms. The van der Waals surface area contributed by atoms with E-state index in [9.17, 15) is 9.59 Å². The highest BCUT2D eigenvalue weighted by Gasteiger charge is 2.25. The molecule has 1 fully saturated rings. The standard InChI is InChI=1S/C12H17N3O3/c16-11-5-10(14-7-15-11)13-6-8-1-3-9(4-2-8)12(17)18/h5,7-9H,1-4,6H2,(H,17,18)(H2,13,14,15,16). The summed E-state index contributed by atoms with van der Waals surface area (Å²) in [6.45, 7) is 0.739. The summed E-state index contributed by atoms with van der Waals surface area (Å²) in [6, 6.07) is 1.42. The van der Waals surface area contributed by atoms with E-state index in [0.717, 1.165) is 32.2 Å². The number of hydrogen-bond donors (Lipinski definition) is 3. The van der Waals surface area contributed by atoms with E-state index < -0.39 is 5.97 Å². The molecular weight excluding hydrogens is 234 g/mol. The van der Waals surface area contributed by atoms with Gasteiger partial charge in [0.05, 0.1) is 12.2 Å². The maximum Gasteiger partial charge on any atom is 0.306 e. The van der Waals surface area contributed by atoms with Crippen molar-refractivity contribution in [2.75, 3.05) is 11.9 Å². The molecule has 6 nitrogen and oxygen atoms in total. The number of nitrogens with zero attached hydrogens (tertiary/aromatic N) is 1. The van der Waals surface area contributed by atoms with Gasteiger partial charge < -0.3 is 15.4 Å². The van der Waals surface area contributed by atoms with Gasteiger partial charge in [0.1, 0.15) is 5.82 Å². The van der Waals surface area contributed by atoms with Crippen LogP contribution in [0.2, 0.25) is 0 Å². The average Bonchev–Trinajstić information content (AvgIpc) is 2.37. The smallest absolute Gasteiger partial charge is 0.306 e. The van der Waals surface area contributed by atoms with E-state index in [1.165, 1.54) is 12.4 Å². The minimum absolute atomic E-state index is 0.179. The molecule has 1 aromatic heterocycles. The van der Waals surface area contributed by atoms with Gasteiger partial charge >= 0.3 is 5.97 Å². The van der Waals surface area contributed by atoms with Crippen molar-refractivity contribution >= 4 is 11.8 Å². The number of carbonyl (C=O) groups is 1. The van der Waals surface area contributed by atoms with Crippen molar-refractivity contribution in [2.45, 2.75) is 25.7 Å². The van der Waals surface area contributed by atoms with Gasteiger partial charge in [0, 0.05) is 12.6 Å². The molecule has 3 N–H and O–H groups in total. The summed E-state index contributed by atoms with van der Waals surface area (Å²) < 4.78 is 0. The number of carboxylic acids is 1. The molecule has 0 atom stereocenters. The molecule has 0 aliphatic heterocycles. The Morgan fingerprint density at radius 1 is 1.44 bits per heavy atom. The minimum Gasteiger partial charge on any atom is -0.481 e. The van der Waals surface area contributed by atoms with Gasteiger partial charge in [-0.1, -0.05) is 0 Å². The lowest BCUT2D eigenvalue weighted by Gasteiger charge is -2.26.